The first-order valence-corrected chi connectivity index (χ1v) is 10.8. The van der Waals surface area contributed by atoms with Crippen molar-refractivity contribution in [2.24, 2.45) is 0 Å². The average Bonchev–Trinajstić information content (AvgIpc) is 3.15. The fourth-order valence-electron chi connectivity index (χ4n) is 3.55. The molecule has 3 aromatic carbocycles. The summed E-state index contributed by atoms with van der Waals surface area (Å²) >= 11 is 0. The summed E-state index contributed by atoms with van der Waals surface area (Å²) in [6.45, 7) is -0.0869. The number of nitrogens with zero attached hydrogens (tertiary/aromatic N) is 1. The van der Waals surface area contributed by atoms with Gasteiger partial charge in [0.1, 0.15) is 12.6 Å². The molecular weight excluding hydrogens is 390 g/mol. The number of aliphatic hydroxyl groups is 1. The highest BCUT2D eigenvalue weighted by Gasteiger charge is 2.44. The molecule has 1 aliphatic heterocycles. The summed E-state index contributed by atoms with van der Waals surface area (Å²) < 4.78 is 32.8. The molecule has 3 aromatic rings. The van der Waals surface area contributed by atoms with Crippen LogP contribution in [0.3, 0.4) is 0 Å². The zero-order chi connectivity index (χ0) is 20.4. The number of esters is 1. The van der Waals surface area contributed by atoms with Crippen LogP contribution in [0, 0.1) is 0 Å². The third kappa shape index (κ3) is 4.03. The molecule has 0 aromatic heterocycles. The molecule has 4 rings (SSSR count). The van der Waals surface area contributed by atoms with Crippen LogP contribution < -0.4 is 0 Å². The van der Waals surface area contributed by atoms with Gasteiger partial charge in [0, 0.05) is 13.0 Å². The van der Waals surface area contributed by atoms with Crippen molar-refractivity contribution >= 4 is 26.8 Å². The highest BCUT2D eigenvalue weighted by molar-refractivity contribution is 7.89. The molecule has 0 saturated carbocycles. The van der Waals surface area contributed by atoms with Gasteiger partial charge >= 0.3 is 5.97 Å². The minimum absolute atomic E-state index is 0.0143. The average molecular weight is 411 g/mol. The number of rotatable bonds is 5. The molecule has 0 spiro atoms. The first-order chi connectivity index (χ1) is 13.9. The molecule has 0 bridgehead atoms. The Morgan fingerprint density at radius 1 is 1.00 bits per heavy atom. The predicted molar refractivity (Wildman–Crippen MR) is 108 cm³/mol. The van der Waals surface area contributed by atoms with E-state index in [0.717, 1.165) is 20.6 Å². The van der Waals surface area contributed by atoms with E-state index < -0.39 is 28.1 Å². The molecule has 0 amide bonds. The number of hydrogen-bond acceptors (Lipinski definition) is 5. The number of β-amino-alcohol motifs (C(OH)–C–C–N with tert-alkyl or cyclic N) is 1. The number of carbonyl (C=O) groups excluding carboxylic acids is 1. The Balaban J connectivity index is 1.57. The zero-order valence-electron chi connectivity index (χ0n) is 15.6. The molecule has 2 atom stereocenters. The molecule has 1 fully saturated rings. The van der Waals surface area contributed by atoms with Gasteiger partial charge in [-0.25, -0.2) is 8.42 Å². The third-order valence-electron chi connectivity index (χ3n) is 5.06. The van der Waals surface area contributed by atoms with Crippen molar-refractivity contribution < 1.29 is 23.1 Å². The Morgan fingerprint density at radius 2 is 1.69 bits per heavy atom. The van der Waals surface area contributed by atoms with Crippen LogP contribution in [-0.2, 0) is 26.2 Å². The number of ether oxygens (including phenoxy) is 1. The van der Waals surface area contributed by atoms with E-state index in [0.29, 0.717) is 0 Å². The van der Waals surface area contributed by atoms with Crippen LogP contribution in [0.25, 0.3) is 10.8 Å². The smallest absolute Gasteiger partial charge is 0.324 e. The van der Waals surface area contributed by atoms with Crippen molar-refractivity contribution in [1.82, 2.24) is 4.31 Å². The maximum Gasteiger partial charge on any atom is 0.324 e. The number of fused-ring (bicyclic) bond motifs is 1. The van der Waals surface area contributed by atoms with Crippen LogP contribution in [-0.4, -0.2) is 42.5 Å². The second kappa shape index (κ2) is 7.94. The predicted octanol–water partition coefficient (Wildman–Crippen LogP) is 2.71. The van der Waals surface area contributed by atoms with Gasteiger partial charge in [-0.05, 0) is 28.5 Å². The van der Waals surface area contributed by atoms with E-state index in [1.54, 1.807) is 12.1 Å². The SMILES string of the molecule is O=C(OCc1ccccc1)C1C[C@@H](O)CN1S(=O)(=O)c1ccc2ccccc2c1. The molecule has 1 N–H and O–H groups in total. The number of sulfonamides is 1. The van der Waals surface area contributed by atoms with E-state index in [1.165, 1.54) is 6.07 Å². The molecule has 0 aliphatic carbocycles. The van der Waals surface area contributed by atoms with Crippen LogP contribution in [0.15, 0.2) is 77.7 Å². The molecule has 29 heavy (non-hydrogen) atoms. The van der Waals surface area contributed by atoms with Gasteiger partial charge in [-0.15, -0.1) is 0 Å². The molecular formula is C22H21NO5S. The van der Waals surface area contributed by atoms with Crippen molar-refractivity contribution in [1.29, 1.82) is 0 Å². The van der Waals surface area contributed by atoms with E-state index in [1.807, 2.05) is 54.6 Å². The van der Waals surface area contributed by atoms with E-state index in [9.17, 15) is 18.3 Å². The van der Waals surface area contributed by atoms with Crippen LogP contribution in [0.5, 0.6) is 0 Å². The summed E-state index contributed by atoms with van der Waals surface area (Å²) in [4.78, 5) is 12.7. The monoisotopic (exact) mass is 411 g/mol. The molecule has 1 unspecified atom stereocenters. The lowest BCUT2D eigenvalue weighted by Gasteiger charge is -2.22. The van der Waals surface area contributed by atoms with Gasteiger partial charge in [-0.3, -0.25) is 4.79 Å². The number of carbonyl (C=O) groups is 1. The van der Waals surface area contributed by atoms with Gasteiger partial charge in [0.15, 0.2) is 0 Å². The summed E-state index contributed by atoms with van der Waals surface area (Å²) in [5, 5.41) is 11.8. The van der Waals surface area contributed by atoms with Gasteiger partial charge in [-0.1, -0.05) is 60.7 Å². The lowest BCUT2D eigenvalue weighted by molar-refractivity contribution is -0.148. The minimum atomic E-state index is -3.97. The Labute approximate surface area is 169 Å². The number of benzene rings is 3. The van der Waals surface area contributed by atoms with Gasteiger partial charge < -0.3 is 9.84 Å². The second-order valence-corrected chi connectivity index (χ2v) is 8.97. The zero-order valence-corrected chi connectivity index (χ0v) is 16.5. The topological polar surface area (TPSA) is 83.9 Å². The van der Waals surface area contributed by atoms with Crippen LogP contribution >= 0.6 is 0 Å². The Hall–Kier alpha value is -2.74. The third-order valence-corrected chi connectivity index (χ3v) is 6.93. The highest BCUT2D eigenvalue weighted by atomic mass is 32.2. The number of hydrogen-bond donors (Lipinski definition) is 1. The number of aliphatic hydroxyl groups excluding tert-OH is 1. The summed E-state index contributed by atoms with van der Waals surface area (Å²) in [6.07, 6.45) is -0.903. The van der Waals surface area contributed by atoms with Gasteiger partial charge in [0.2, 0.25) is 10.0 Å². The first-order valence-electron chi connectivity index (χ1n) is 9.34. The summed E-state index contributed by atoms with van der Waals surface area (Å²) in [5.41, 5.74) is 0.809. The lowest BCUT2D eigenvalue weighted by Crippen LogP contribution is -2.41. The highest BCUT2D eigenvalue weighted by Crippen LogP contribution is 2.29. The van der Waals surface area contributed by atoms with E-state index in [-0.39, 0.29) is 24.5 Å². The summed E-state index contributed by atoms with van der Waals surface area (Å²) in [5.74, 6) is -0.658. The van der Waals surface area contributed by atoms with Crippen LogP contribution in [0.2, 0.25) is 0 Å². The molecule has 1 heterocycles. The lowest BCUT2D eigenvalue weighted by atomic mass is 10.1. The Morgan fingerprint density at radius 3 is 2.45 bits per heavy atom. The quantitative estimate of drug-likeness (QED) is 0.653. The van der Waals surface area contributed by atoms with Crippen molar-refractivity contribution in [3.8, 4) is 0 Å². The van der Waals surface area contributed by atoms with E-state index >= 15 is 0 Å². The van der Waals surface area contributed by atoms with Crippen molar-refractivity contribution in [2.45, 2.75) is 30.1 Å². The van der Waals surface area contributed by atoms with E-state index in [4.69, 9.17) is 4.74 Å². The standard InChI is InChI=1S/C22H21NO5S/c24-19-13-21(22(25)28-15-16-6-2-1-3-7-16)23(14-19)29(26,27)20-11-10-17-8-4-5-9-18(17)12-20/h1-12,19,21,24H,13-15H2/t19-,21?/m1/s1. The summed E-state index contributed by atoms with van der Waals surface area (Å²) in [6, 6.07) is 20.4. The Bertz CT molecular complexity index is 1130. The van der Waals surface area contributed by atoms with Crippen molar-refractivity contribution in [3.63, 3.8) is 0 Å². The van der Waals surface area contributed by atoms with Crippen LogP contribution in [0.1, 0.15) is 12.0 Å². The molecule has 150 valence electrons. The fraction of sp³-hybridized carbons (Fsp3) is 0.227. The molecule has 7 heteroatoms. The minimum Gasteiger partial charge on any atom is -0.460 e. The second-order valence-electron chi connectivity index (χ2n) is 7.08. The fourth-order valence-corrected chi connectivity index (χ4v) is 5.21. The maximum atomic E-state index is 13.2. The maximum absolute atomic E-state index is 13.2. The van der Waals surface area contributed by atoms with Gasteiger partial charge in [0.05, 0.1) is 11.0 Å². The largest absolute Gasteiger partial charge is 0.460 e. The molecule has 1 saturated heterocycles. The Kier molecular flexibility index (Phi) is 5.36. The first kappa shape index (κ1) is 19.6. The molecule has 6 nitrogen and oxygen atoms in total. The van der Waals surface area contributed by atoms with Gasteiger partial charge in [0.25, 0.3) is 0 Å². The van der Waals surface area contributed by atoms with Crippen molar-refractivity contribution in [2.75, 3.05) is 6.54 Å². The normalized spacial score (nSPS) is 20.0. The molecule has 1 aliphatic rings. The summed E-state index contributed by atoms with van der Waals surface area (Å²) in [7, 11) is -3.97. The van der Waals surface area contributed by atoms with Gasteiger partial charge in [-0.2, -0.15) is 4.31 Å². The van der Waals surface area contributed by atoms with E-state index in [2.05, 4.69) is 0 Å². The van der Waals surface area contributed by atoms with Crippen molar-refractivity contribution in [3.05, 3.63) is 78.4 Å². The molecule has 0 radical (unpaired) electrons. The van der Waals surface area contributed by atoms with Crippen LogP contribution in [0.4, 0.5) is 0 Å².